The number of rotatable bonds is 1. The molecule has 2 aromatic carbocycles. The van der Waals surface area contributed by atoms with E-state index in [1.807, 2.05) is 30.3 Å². The van der Waals surface area contributed by atoms with Gasteiger partial charge in [-0.05, 0) is 35.2 Å². The Morgan fingerprint density at radius 2 is 1.80 bits per heavy atom. The zero-order valence-electron chi connectivity index (χ0n) is 11.8. The smallest absolute Gasteiger partial charge is 0.228 e. The van der Waals surface area contributed by atoms with Crippen LogP contribution in [-0.2, 0) is 5.41 Å². The number of fused-ring (bicyclic) bond motifs is 1. The van der Waals surface area contributed by atoms with E-state index in [9.17, 15) is 0 Å². The second-order valence-electron chi connectivity index (χ2n) is 5.93. The lowest BCUT2D eigenvalue weighted by Gasteiger charge is -2.18. The molecule has 0 fully saturated rings. The number of hydrogen-bond donors (Lipinski definition) is 0. The van der Waals surface area contributed by atoms with Gasteiger partial charge in [0.2, 0.25) is 5.89 Å². The molecular formula is C17H16ClNO. The van der Waals surface area contributed by atoms with Gasteiger partial charge in [-0.25, -0.2) is 4.98 Å². The van der Waals surface area contributed by atoms with Gasteiger partial charge >= 0.3 is 0 Å². The maximum absolute atomic E-state index is 6.19. The Hall–Kier alpha value is -1.80. The van der Waals surface area contributed by atoms with Crippen LogP contribution in [0.2, 0.25) is 5.02 Å². The first-order valence-electron chi connectivity index (χ1n) is 6.61. The summed E-state index contributed by atoms with van der Waals surface area (Å²) in [6.45, 7) is 6.55. The van der Waals surface area contributed by atoms with Crippen LogP contribution in [0.25, 0.3) is 22.6 Å². The summed E-state index contributed by atoms with van der Waals surface area (Å²) >= 11 is 6.19. The molecule has 0 aliphatic rings. The normalized spacial score (nSPS) is 12.0. The molecule has 0 aliphatic carbocycles. The van der Waals surface area contributed by atoms with Crippen molar-refractivity contribution in [3.05, 3.63) is 53.1 Å². The van der Waals surface area contributed by atoms with Crippen molar-refractivity contribution in [3.63, 3.8) is 0 Å². The molecule has 1 heterocycles. The van der Waals surface area contributed by atoms with Gasteiger partial charge in [-0.15, -0.1) is 0 Å². The van der Waals surface area contributed by atoms with Gasteiger partial charge in [-0.2, -0.15) is 0 Å². The highest BCUT2D eigenvalue weighted by Gasteiger charge is 2.16. The number of nitrogens with zero attached hydrogens (tertiary/aromatic N) is 1. The maximum Gasteiger partial charge on any atom is 0.228 e. The molecule has 0 saturated carbocycles. The average Bonchev–Trinajstić information content (AvgIpc) is 2.80. The largest absolute Gasteiger partial charge is 0.436 e. The lowest BCUT2D eigenvalue weighted by Crippen LogP contribution is -2.10. The first kappa shape index (κ1) is 13.2. The Kier molecular flexibility index (Phi) is 3.06. The third-order valence-corrected chi connectivity index (χ3v) is 3.69. The first-order chi connectivity index (χ1) is 9.45. The molecule has 0 unspecified atom stereocenters. The van der Waals surface area contributed by atoms with E-state index < -0.39 is 0 Å². The monoisotopic (exact) mass is 285 g/mol. The van der Waals surface area contributed by atoms with Crippen molar-refractivity contribution in [2.24, 2.45) is 0 Å². The predicted octanol–water partition coefficient (Wildman–Crippen LogP) is 5.45. The van der Waals surface area contributed by atoms with Gasteiger partial charge in [-0.3, -0.25) is 0 Å². The van der Waals surface area contributed by atoms with Crippen LogP contribution < -0.4 is 0 Å². The Labute approximate surface area is 123 Å². The summed E-state index contributed by atoms with van der Waals surface area (Å²) in [4.78, 5) is 4.57. The van der Waals surface area contributed by atoms with Crippen LogP contribution in [0.5, 0.6) is 0 Å². The minimum absolute atomic E-state index is 0.0949. The third-order valence-electron chi connectivity index (χ3n) is 3.36. The number of oxazole rings is 1. The standard InChI is InChI=1S/C17H16ClNO/c1-17(2,3)11-8-9-15-14(10-11)19-16(20-15)12-6-4-5-7-13(12)18/h4-10H,1-3H3. The van der Waals surface area contributed by atoms with E-state index >= 15 is 0 Å². The van der Waals surface area contributed by atoms with E-state index in [-0.39, 0.29) is 5.41 Å². The molecule has 1 aromatic heterocycles. The molecule has 3 heteroatoms. The van der Waals surface area contributed by atoms with Crippen molar-refractivity contribution in [1.29, 1.82) is 0 Å². The Balaban J connectivity index is 2.14. The van der Waals surface area contributed by atoms with E-state index in [2.05, 4.69) is 37.9 Å². The van der Waals surface area contributed by atoms with Crippen LogP contribution in [0, 0.1) is 0 Å². The van der Waals surface area contributed by atoms with Gasteiger partial charge in [-0.1, -0.05) is 50.6 Å². The summed E-state index contributed by atoms with van der Waals surface area (Å²) in [5.41, 5.74) is 3.81. The highest BCUT2D eigenvalue weighted by Crippen LogP contribution is 2.31. The van der Waals surface area contributed by atoms with Crippen molar-refractivity contribution < 1.29 is 4.42 Å². The van der Waals surface area contributed by atoms with Crippen molar-refractivity contribution in [1.82, 2.24) is 4.98 Å². The highest BCUT2D eigenvalue weighted by atomic mass is 35.5. The molecule has 0 saturated heterocycles. The quantitative estimate of drug-likeness (QED) is 0.594. The summed E-state index contributed by atoms with van der Waals surface area (Å²) in [7, 11) is 0. The number of aromatic nitrogens is 1. The van der Waals surface area contributed by atoms with Gasteiger partial charge in [0.1, 0.15) is 5.52 Å². The number of hydrogen-bond acceptors (Lipinski definition) is 2. The molecule has 0 aliphatic heterocycles. The fourth-order valence-corrected chi connectivity index (χ4v) is 2.36. The molecule has 0 bridgehead atoms. The van der Waals surface area contributed by atoms with E-state index in [0.717, 1.165) is 16.7 Å². The summed E-state index contributed by atoms with van der Waals surface area (Å²) < 4.78 is 5.81. The molecular weight excluding hydrogens is 270 g/mol. The van der Waals surface area contributed by atoms with Crippen molar-refractivity contribution >= 4 is 22.7 Å². The second kappa shape index (κ2) is 4.64. The Morgan fingerprint density at radius 3 is 2.50 bits per heavy atom. The molecule has 3 aromatic rings. The van der Waals surface area contributed by atoms with E-state index in [1.165, 1.54) is 5.56 Å². The van der Waals surface area contributed by atoms with Crippen molar-refractivity contribution in [3.8, 4) is 11.5 Å². The number of halogens is 1. The van der Waals surface area contributed by atoms with Crippen LogP contribution in [0.3, 0.4) is 0 Å². The van der Waals surface area contributed by atoms with Crippen LogP contribution >= 0.6 is 11.6 Å². The molecule has 0 radical (unpaired) electrons. The SMILES string of the molecule is CC(C)(C)c1ccc2oc(-c3ccccc3Cl)nc2c1. The minimum atomic E-state index is 0.0949. The van der Waals surface area contributed by atoms with Crippen LogP contribution in [-0.4, -0.2) is 4.98 Å². The lowest BCUT2D eigenvalue weighted by molar-refractivity contribution is 0.590. The molecule has 2 nitrogen and oxygen atoms in total. The summed E-state index contributed by atoms with van der Waals surface area (Å²) in [5, 5.41) is 0.648. The zero-order valence-corrected chi connectivity index (χ0v) is 12.5. The molecule has 0 N–H and O–H groups in total. The highest BCUT2D eigenvalue weighted by molar-refractivity contribution is 6.33. The number of benzene rings is 2. The molecule has 102 valence electrons. The Morgan fingerprint density at radius 1 is 1.05 bits per heavy atom. The first-order valence-corrected chi connectivity index (χ1v) is 6.99. The van der Waals surface area contributed by atoms with Crippen molar-refractivity contribution in [2.45, 2.75) is 26.2 Å². The molecule has 0 amide bonds. The molecule has 0 atom stereocenters. The summed E-state index contributed by atoms with van der Waals surface area (Å²) in [6, 6.07) is 13.7. The van der Waals surface area contributed by atoms with Crippen LogP contribution in [0.15, 0.2) is 46.9 Å². The van der Waals surface area contributed by atoms with Gasteiger partial charge in [0.25, 0.3) is 0 Å². The Bertz CT molecular complexity index is 768. The van der Waals surface area contributed by atoms with E-state index in [1.54, 1.807) is 0 Å². The second-order valence-corrected chi connectivity index (χ2v) is 6.34. The zero-order chi connectivity index (χ0) is 14.3. The average molecular weight is 286 g/mol. The molecule has 20 heavy (non-hydrogen) atoms. The maximum atomic E-state index is 6.19. The topological polar surface area (TPSA) is 26.0 Å². The predicted molar refractivity (Wildman–Crippen MR) is 83.2 cm³/mol. The summed E-state index contributed by atoms with van der Waals surface area (Å²) in [6.07, 6.45) is 0. The summed E-state index contributed by atoms with van der Waals surface area (Å²) in [5.74, 6) is 0.566. The van der Waals surface area contributed by atoms with Gasteiger partial charge in [0.05, 0.1) is 10.6 Å². The fourth-order valence-electron chi connectivity index (χ4n) is 2.14. The molecule has 3 rings (SSSR count). The van der Waals surface area contributed by atoms with Gasteiger partial charge in [0.15, 0.2) is 5.58 Å². The molecule has 0 spiro atoms. The van der Waals surface area contributed by atoms with Crippen LogP contribution in [0.4, 0.5) is 0 Å². The minimum Gasteiger partial charge on any atom is -0.436 e. The van der Waals surface area contributed by atoms with Crippen molar-refractivity contribution in [2.75, 3.05) is 0 Å². The van der Waals surface area contributed by atoms with E-state index in [0.29, 0.717) is 10.9 Å². The van der Waals surface area contributed by atoms with Crippen LogP contribution in [0.1, 0.15) is 26.3 Å². The van der Waals surface area contributed by atoms with Gasteiger partial charge < -0.3 is 4.42 Å². The third kappa shape index (κ3) is 2.32. The van der Waals surface area contributed by atoms with Gasteiger partial charge in [0, 0.05) is 0 Å². The fraction of sp³-hybridized carbons (Fsp3) is 0.235. The van der Waals surface area contributed by atoms with E-state index in [4.69, 9.17) is 16.0 Å². The lowest BCUT2D eigenvalue weighted by atomic mass is 9.87.